The van der Waals surface area contributed by atoms with E-state index >= 15 is 0 Å². The van der Waals surface area contributed by atoms with E-state index in [0.29, 0.717) is 22.7 Å². The van der Waals surface area contributed by atoms with Gasteiger partial charge in [0.05, 0.1) is 14.2 Å². The third kappa shape index (κ3) is 2.72. The predicted molar refractivity (Wildman–Crippen MR) is 81.0 cm³/mol. The van der Waals surface area contributed by atoms with Gasteiger partial charge in [0.1, 0.15) is 11.6 Å². The van der Waals surface area contributed by atoms with Crippen LogP contribution in [0.2, 0.25) is 0 Å². The van der Waals surface area contributed by atoms with Crippen LogP contribution in [0, 0.1) is 11.6 Å². The van der Waals surface area contributed by atoms with E-state index in [1.807, 2.05) is 0 Å². The molecule has 1 aliphatic rings. The van der Waals surface area contributed by atoms with Gasteiger partial charge in [0.25, 0.3) is 0 Å². The molecule has 0 aliphatic carbocycles. The Kier molecular flexibility index (Phi) is 3.90. The Balaban J connectivity index is 2.18. The van der Waals surface area contributed by atoms with Gasteiger partial charge in [0.2, 0.25) is 5.91 Å². The van der Waals surface area contributed by atoms with E-state index in [4.69, 9.17) is 9.47 Å². The van der Waals surface area contributed by atoms with Crippen LogP contribution < -0.4 is 14.8 Å². The molecule has 1 N–H and O–H groups in total. The zero-order valence-electron chi connectivity index (χ0n) is 12.7. The number of nitrogens with one attached hydrogen (secondary N) is 1. The Morgan fingerprint density at radius 3 is 2.43 bits per heavy atom. The van der Waals surface area contributed by atoms with Crippen LogP contribution in [0.3, 0.4) is 0 Å². The predicted octanol–water partition coefficient (Wildman–Crippen LogP) is 3.46. The zero-order chi connectivity index (χ0) is 16.6. The van der Waals surface area contributed by atoms with Gasteiger partial charge in [0, 0.05) is 24.1 Å². The number of carbonyl (C=O) groups excluding carboxylic acids is 1. The summed E-state index contributed by atoms with van der Waals surface area (Å²) in [6, 6.07) is 6.55. The molecular weight excluding hydrogens is 304 g/mol. The van der Waals surface area contributed by atoms with Crippen molar-refractivity contribution in [3.05, 3.63) is 53.1 Å². The van der Waals surface area contributed by atoms with Gasteiger partial charge in [-0.2, -0.15) is 0 Å². The summed E-state index contributed by atoms with van der Waals surface area (Å²) in [7, 11) is 2.97. The number of benzene rings is 2. The number of fused-ring (bicyclic) bond motifs is 1. The van der Waals surface area contributed by atoms with Crippen molar-refractivity contribution in [2.24, 2.45) is 0 Å². The summed E-state index contributed by atoms with van der Waals surface area (Å²) in [5.74, 6) is -1.04. The fourth-order valence-electron chi connectivity index (χ4n) is 2.85. The van der Waals surface area contributed by atoms with Crippen LogP contribution in [-0.2, 0) is 4.79 Å². The number of halogens is 2. The summed E-state index contributed by atoms with van der Waals surface area (Å²) in [6.07, 6.45) is 0.0306. The second-order valence-electron chi connectivity index (χ2n) is 5.27. The van der Waals surface area contributed by atoms with Gasteiger partial charge in [0.15, 0.2) is 11.5 Å². The van der Waals surface area contributed by atoms with E-state index in [1.165, 1.54) is 14.2 Å². The molecule has 2 aromatic rings. The summed E-state index contributed by atoms with van der Waals surface area (Å²) in [5.41, 5.74) is 1.31. The fourth-order valence-corrected chi connectivity index (χ4v) is 2.85. The molecule has 0 bridgehead atoms. The summed E-state index contributed by atoms with van der Waals surface area (Å²) in [6.45, 7) is 0. The van der Waals surface area contributed by atoms with Gasteiger partial charge in [-0.05, 0) is 35.4 Å². The van der Waals surface area contributed by atoms with Gasteiger partial charge in [-0.1, -0.05) is 0 Å². The van der Waals surface area contributed by atoms with Crippen LogP contribution in [0.5, 0.6) is 11.5 Å². The molecule has 3 rings (SSSR count). The lowest BCUT2D eigenvalue weighted by Gasteiger charge is -2.27. The average molecular weight is 319 g/mol. The van der Waals surface area contributed by atoms with Crippen molar-refractivity contribution in [3.63, 3.8) is 0 Å². The number of methoxy groups -OCH3 is 2. The van der Waals surface area contributed by atoms with Crippen LogP contribution in [0.4, 0.5) is 14.5 Å². The first-order valence-electron chi connectivity index (χ1n) is 7.04. The van der Waals surface area contributed by atoms with Crippen molar-refractivity contribution >= 4 is 11.6 Å². The fraction of sp³-hybridized carbons (Fsp3) is 0.235. The van der Waals surface area contributed by atoms with Crippen LogP contribution in [0.25, 0.3) is 0 Å². The molecule has 120 valence electrons. The van der Waals surface area contributed by atoms with Crippen molar-refractivity contribution in [1.29, 1.82) is 0 Å². The molecule has 4 nitrogen and oxygen atoms in total. The topological polar surface area (TPSA) is 47.6 Å². The van der Waals surface area contributed by atoms with Gasteiger partial charge in [-0.3, -0.25) is 4.79 Å². The summed E-state index contributed by atoms with van der Waals surface area (Å²) in [4.78, 5) is 12.0. The van der Waals surface area contributed by atoms with E-state index in [1.54, 1.807) is 12.1 Å². The number of anilines is 1. The number of hydrogen-bond donors (Lipinski definition) is 1. The van der Waals surface area contributed by atoms with Gasteiger partial charge in [-0.25, -0.2) is 8.78 Å². The Labute approximate surface area is 132 Å². The molecule has 1 atom stereocenters. The molecule has 0 saturated carbocycles. The summed E-state index contributed by atoms with van der Waals surface area (Å²) < 4.78 is 38.1. The molecule has 0 radical (unpaired) electrons. The molecule has 23 heavy (non-hydrogen) atoms. The standard InChI is InChI=1S/C17H15F2NO3/c1-22-15-6-12-10(11-5-9(18)3-4-13(11)19)7-17(21)20-14(12)8-16(15)23-2/h3-6,8,10H,7H2,1-2H3,(H,20,21). The Morgan fingerprint density at radius 2 is 1.74 bits per heavy atom. The minimum Gasteiger partial charge on any atom is -0.493 e. The molecule has 1 amide bonds. The van der Waals surface area contributed by atoms with E-state index in [9.17, 15) is 13.6 Å². The summed E-state index contributed by atoms with van der Waals surface area (Å²) in [5, 5.41) is 2.73. The van der Waals surface area contributed by atoms with E-state index < -0.39 is 17.6 Å². The minimum absolute atomic E-state index is 0.0306. The quantitative estimate of drug-likeness (QED) is 0.942. The van der Waals surface area contributed by atoms with Crippen molar-refractivity contribution in [2.75, 3.05) is 19.5 Å². The lowest BCUT2D eigenvalue weighted by atomic mass is 9.84. The molecule has 6 heteroatoms. The Bertz CT molecular complexity index is 777. The molecule has 1 heterocycles. The van der Waals surface area contributed by atoms with Crippen LogP contribution in [0.1, 0.15) is 23.5 Å². The minimum atomic E-state index is -0.589. The smallest absolute Gasteiger partial charge is 0.225 e. The second-order valence-corrected chi connectivity index (χ2v) is 5.27. The second kappa shape index (κ2) is 5.87. The highest BCUT2D eigenvalue weighted by Gasteiger charge is 2.30. The molecular formula is C17H15F2NO3. The highest BCUT2D eigenvalue weighted by atomic mass is 19.1. The molecule has 2 aromatic carbocycles. The average Bonchev–Trinajstić information content (AvgIpc) is 2.55. The highest BCUT2D eigenvalue weighted by molar-refractivity contribution is 5.96. The molecule has 1 unspecified atom stereocenters. The lowest BCUT2D eigenvalue weighted by Crippen LogP contribution is -2.24. The maximum atomic E-state index is 14.1. The van der Waals surface area contributed by atoms with Crippen molar-refractivity contribution in [3.8, 4) is 11.5 Å². The SMILES string of the molecule is COc1cc2c(cc1OC)C(c1cc(F)ccc1F)CC(=O)N2. The maximum Gasteiger partial charge on any atom is 0.225 e. The van der Waals surface area contributed by atoms with Crippen molar-refractivity contribution in [2.45, 2.75) is 12.3 Å². The van der Waals surface area contributed by atoms with Gasteiger partial charge < -0.3 is 14.8 Å². The molecule has 1 aliphatic heterocycles. The Hall–Kier alpha value is -2.63. The van der Waals surface area contributed by atoms with Gasteiger partial charge >= 0.3 is 0 Å². The number of ether oxygens (including phenoxy) is 2. The van der Waals surface area contributed by atoms with Crippen molar-refractivity contribution < 1.29 is 23.0 Å². The van der Waals surface area contributed by atoms with Gasteiger partial charge in [-0.15, -0.1) is 0 Å². The molecule has 0 saturated heterocycles. The number of rotatable bonds is 3. The Morgan fingerprint density at radius 1 is 1.04 bits per heavy atom. The van der Waals surface area contributed by atoms with Crippen LogP contribution in [-0.4, -0.2) is 20.1 Å². The number of hydrogen-bond acceptors (Lipinski definition) is 3. The largest absolute Gasteiger partial charge is 0.493 e. The summed E-state index contributed by atoms with van der Waals surface area (Å²) >= 11 is 0. The highest BCUT2D eigenvalue weighted by Crippen LogP contribution is 2.43. The first kappa shape index (κ1) is 15.3. The number of carbonyl (C=O) groups is 1. The lowest BCUT2D eigenvalue weighted by molar-refractivity contribution is -0.116. The first-order valence-corrected chi connectivity index (χ1v) is 7.04. The third-order valence-electron chi connectivity index (χ3n) is 3.93. The third-order valence-corrected chi connectivity index (χ3v) is 3.93. The monoisotopic (exact) mass is 319 g/mol. The van der Waals surface area contributed by atoms with Crippen LogP contribution in [0.15, 0.2) is 30.3 Å². The van der Waals surface area contributed by atoms with Crippen molar-refractivity contribution in [1.82, 2.24) is 0 Å². The first-order chi connectivity index (χ1) is 11.0. The maximum absolute atomic E-state index is 14.1. The number of amides is 1. The van der Waals surface area contributed by atoms with E-state index in [-0.39, 0.29) is 17.9 Å². The zero-order valence-corrected chi connectivity index (χ0v) is 12.7. The van der Waals surface area contributed by atoms with Crippen LogP contribution >= 0.6 is 0 Å². The molecule has 0 fully saturated rings. The molecule has 0 aromatic heterocycles. The molecule has 0 spiro atoms. The van der Waals surface area contributed by atoms with E-state index in [2.05, 4.69) is 5.32 Å². The van der Waals surface area contributed by atoms with E-state index in [0.717, 1.165) is 18.2 Å². The normalized spacial score (nSPS) is 16.5.